The maximum Gasteiger partial charge on any atom is 0.174 e. The Balaban J connectivity index is 2.01. The van der Waals surface area contributed by atoms with Crippen LogP contribution >= 0.6 is 23.1 Å². The van der Waals surface area contributed by atoms with Crippen molar-refractivity contribution in [3.63, 3.8) is 0 Å². The Hall–Kier alpha value is -1.20. The molecular formula is C11H10N2OS2. The minimum absolute atomic E-state index is 0.137. The fraction of sp³-hybridized carbons (Fsp3) is 0.182. The summed E-state index contributed by atoms with van der Waals surface area (Å²) in [6, 6.07) is 7.63. The van der Waals surface area contributed by atoms with Gasteiger partial charge in [0.25, 0.3) is 0 Å². The summed E-state index contributed by atoms with van der Waals surface area (Å²) in [5.74, 6) is 0.554. The molecule has 2 aromatic rings. The lowest BCUT2D eigenvalue weighted by atomic mass is 10.1. The van der Waals surface area contributed by atoms with Gasteiger partial charge in [-0.3, -0.25) is 4.79 Å². The van der Waals surface area contributed by atoms with E-state index < -0.39 is 0 Å². The van der Waals surface area contributed by atoms with Crippen LogP contribution in [0.4, 0.5) is 0 Å². The summed E-state index contributed by atoms with van der Waals surface area (Å²) in [5.41, 5.74) is 3.48. The molecule has 0 spiro atoms. The van der Waals surface area contributed by atoms with Crippen LogP contribution in [0.3, 0.4) is 0 Å². The molecule has 0 radical (unpaired) electrons. The summed E-state index contributed by atoms with van der Waals surface area (Å²) >= 11 is 2.89. The van der Waals surface area contributed by atoms with Crippen LogP contribution in [0, 0.1) is 6.92 Å². The van der Waals surface area contributed by atoms with Gasteiger partial charge in [0.05, 0.1) is 5.75 Å². The molecule has 0 atom stereocenters. The zero-order chi connectivity index (χ0) is 11.4. The molecule has 0 amide bonds. The van der Waals surface area contributed by atoms with E-state index in [1.54, 1.807) is 5.51 Å². The normalized spacial score (nSPS) is 10.3. The van der Waals surface area contributed by atoms with Gasteiger partial charge in [0.2, 0.25) is 0 Å². The highest BCUT2D eigenvalue weighted by Crippen LogP contribution is 2.20. The second kappa shape index (κ2) is 5.23. The summed E-state index contributed by atoms with van der Waals surface area (Å²) in [6.07, 6.45) is 0. The molecule has 3 nitrogen and oxygen atoms in total. The van der Waals surface area contributed by atoms with E-state index >= 15 is 0 Å². The minimum atomic E-state index is 0.137. The van der Waals surface area contributed by atoms with E-state index in [0.717, 1.165) is 15.5 Å². The van der Waals surface area contributed by atoms with Gasteiger partial charge in [0.15, 0.2) is 10.1 Å². The molecule has 0 aliphatic rings. The molecule has 0 bridgehead atoms. The zero-order valence-electron chi connectivity index (χ0n) is 8.71. The van der Waals surface area contributed by atoms with Crippen LogP contribution in [0.1, 0.15) is 15.9 Å². The van der Waals surface area contributed by atoms with Crippen molar-refractivity contribution in [2.24, 2.45) is 0 Å². The number of aromatic nitrogens is 2. The van der Waals surface area contributed by atoms with Crippen LogP contribution in [0.15, 0.2) is 34.1 Å². The van der Waals surface area contributed by atoms with Crippen LogP contribution in [0.5, 0.6) is 0 Å². The third-order valence-electron chi connectivity index (χ3n) is 2.11. The van der Waals surface area contributed by atoms with Gasteiger partial charge in [-0.15, -0.1) is 10.2 Å². The molecule has 0 aliphatic carbocycles. The number of aryl methyl sites for hydroxylation is 1. The number of hydrogen-bond acceptors (Lipinski definition) is 5. The lowest BCUT2D eigenvalue weighted by Crippen LogP contribution is -2.04. The minimum Gasteiger partial charge on any atom is -0.293 e. The molecule has 1 heterocycles. The van der Waals surface area contributed by atoms with Gasteiger partial charge in [-0.1, -0.05) is 47.4 Å². The van der Waals surface area contributed by atoms with Gasteiger partial charge >= 0.3 is 0 Å². The number of nitrogens with zero attached hydrogens (tertiary/aromatic N) is 2. The van der Waals surface area contributed by atoms with Crippen molar-refractivity contribution < 1.29 is 4.79 Å². The Bertz CT molecular complexity index is 482. The first-order valence-corrected chi connectivity index (χ1v) is 6.61. The molecule has 0 fully saturated rings. The van der Waals surface area contributed by atoms with Crippen molar-refractivity contribution in [3.05, 3.63) is 40.9 Å². The Morgan fingerprint density at radius 3 is 2.94 bits per heavy atom. The topological polar surface area (TPSA) is 42.9 Å². The molecule has 82 valence electrons. The number of carbonyl (C=O) groups is 1. The van der Waals surface area contributed by atoms with Gasteiger partial charge in [-0.2, -0.15) is 0 Å². The van der Waals surface area contributed by atoms with Crippen molar-refractivity contribution in [1.82, 2.24) is 10.2 Å². The van der Waals surface area contributed by atoms with E-state index in [1.165, 1.54) is 23.1 Å². The van der Waals surface area contributed by atoms with E-state index in [2.05, 4.69) is 10.2 Å². The standard InChI is InChI=1S/C11H10N2OS2/c1-8-4-2-3-5-9(8)10(14)6-15-11-13-12-7-16-11/h2-5,7H,6H2,1H3. The molecule has 5 heteroatoms. The van der Waals surface area contributed by atoms with Crippen molar-refractivity contribution in [2.45, 2.75) is 11.3 Å². The molecule has 0 saturated heterocycles. The second-order valence-corrected chi connectivity index (χ2v) is 5.29. The average molecular weight is 250 g/mol. The van der Waals surface area contributed by atoms with Gasteiger partial charge in [0.1, 0.15) is 5.51 Å². The number of carbonyl (C=O) groups excluding carboxylic acids is 1. The lowest BCUT2D eigenvalue weighted by Gasteiger charge is -2.02. The summed E-state index contributed by atoms with van der Waals surface area (Å²) < 4.78 is 0.835. The Morgan fingerprint density at radius 2 is 2.25 bits per heavy atom. The van der Waals surface area contributed by atoms with Crippen LogP contribution in [-0.2, 0) is 0 Å². The van der Waals surface area contributed by atoms with Gasteiger partial charge in [0, 0.05) is 5.56 Å². The van der Waals surface area contributed by atoms with E-state index in [0.29, 0.717) is 5.75 Å². The maximum atomic E-state index is 11.9. The van der Waals surface area contributed by atoms with Crippen molar-refractivity contribution in [1.29, 1.82) is 0 Å². The molecule has 0 saturated carbocycles. The van der Waals surface area contributed by atoms with Gasteiger partial charge in [-0.05, 0) is 12.5 Å². The number of thioether (sulfide) groups is 1. The first-order valence-electron chi connectivity index (χ1n) is 4.75. The third kappa shape index (κ3) is 2.68. The van der Waals surface area contributed by atoms with Crippen molar-refractivity contribution in [3.8, 4) is 0 Å². The zero-order valence-corrected chi connectivity index (χ0v) is 10.3. The number of ketones is 1. The summed E-state index contributed by atoms with van der Waals surface area (Å²) in [4.78, 5) is 11.9. The number of rotatable bonds is 4. The van der Waals surface area contributed by atoms with Gasteiger partial charge in [-0.25, -0.2) is 0 Å². The molecule has 2 rings (SSSR count). The average Bonchev–Trinajstić information content (AvgIpc) is 2.79. The second-order valence-electron chi connectivity index (χ2n) is 3.23. The Labute approximate surface area is 102 Å². The molecule has 0 aliphatic heterocycles. The number of hydrogen-bond donors (Lipinski definition) is 0. The fourth-order valence-corrected chi connectivity index (χ4v) is 2.69. The van der Waals surface area contributed by atoms with E-state index in [9.17, 15) is 4.79 Å². The predicted octanol–water partition coefficient (Wildman–Crippen LogP) is 2.82. The largest absolute Gasteiger partial charge is 0.293 e. The van der Waals surface area contributed by atoms with E-state index in [-0.39, 0.29) is 5.78 Å². The summed E-state index contributed by atoms with van der Waals surface area (Å²) in [7, 11) is 0. The van der Waals surface area contributed by atoms with Crippen LogP contribution in [0.25, 0.3) is 0 Å². The number of benzene rings is 1. The van der Waals surface area contributed by atoms with E-state index in [1.807, 2.05) is 31.2 Å². The molecule has 16 heavy (non-hydrogen) atoms. The highest BCUT2D eigenvalue weighted by atomic mass is 32.2. The summed E-state index contributed by atoms with van der Waals surface area (Å²) in [5, 5.41) is 7.61. The molecule has 0 N–H and O–H groups in total. The highest BCUT2D eigenvalue weighted by molar-refractivity contribution is 8.01. The molecular weight excluding hydrogens is 240 g/mol. The first-order chi connectivity index (χ1) is 7.77. The highest BCUT2D eigenvalue weighted by Gasteiger charge is 2.09. The first kappa shape index (κ1) is 11.3. The van der Waals surface area contributed by atoms with Gasteiger partial charge < -0.3 is 0 Å². The van der Waals surface area contributed by atoms with Crippen LogP contribution in [0.2, 0.25) is 0 Å². The molecule has 1 aromatic heterocycles. The van der Waals surface area contributed by atoms with E-state index in [4.69, 9.17) is 0 Å². The predicted molar refractivity (Wildman–Crippen MR) is 66.1 cm³/mol. The maximum absolute atomic E-state index is 11.9. The lowest BCUT2D eigenvalue weighted by molar-refractivity contribution is 0.102. The third-order valence-corrected chi connectivity index (χ3v) is 3.97. The fourth-order valence-electron chi connectivity index (χ4n) is 1.32. The number of Topliss-reactive ketones (excluding diaryl/α,β-unsaturated/α-hetero) is 1. The van der Waals surface area contributed by atoms with Crippen LogP contribution < -0.4 is 0 Å². The Morgan fingerprint density at radius 1 is 1.44 bits per heavy atom. The molecule has 1 aromatic carbocycles. The monoisotopic (exact) mass is 250 g/mol. The summed E-state index contributed by atoms with van der Waals surface area (Å²) in [6.45, 7) is 1.95. The quantitative estimate of drug-likeness (QED) is 0.618. The smallest absolute Gasteiger partial charge is 0.174 e. The SMILES string of the molecule is Cc1ccccc1C(=O)CSc1nncs1. The van der Waals surface area contributed by atoms with Crippen molar-refractivity contribution in [2.75, 3.05) is 5.75 Å². The van der Waals surface area contributed by atoms with Crippen molar-refractivity contribution >= 4 is 28.9 Å². The molecule has 0 unspecified atom stereocenters. The Kier molecular flexibility index (Phi) is 3.69. The van der Waals surface area contributed by atoms with Crippen LogP contribution in [-0.4, -0.2) is 21.7 Å².